The number of fused-ring (bicyclic) bond motifs is 1. The Kier molecular flexibility index (Phi) is 3.33. The number of hydrogen-bond donors (Lipinski definition) is 2. The van der Waals surface area contributed by atoms with Gasteiger partial charge in [-0.05, 0) is 18.6 Å². The van der Waals surface area contributed by atoms with Gasteiger partial charge in [0.25, 0.3) is 0 Å². The summed E-state index contributed by atoms with van der Waals surface area (Å²) >= 11 is 0. The number of hydrogen-bond acceptors (Lipinski definition) is 4. The highest BCUT2D eigenvalue weighted by Crippen LogP contribution is 2.16. The van der Waals surface area contributed by atoms with Crippen molar-refractivity contribution in [3.63, 3.8) is 0 Å². The van der Waals surface area contributed by atoms with Crippen molar-refractivity contribution in [1.29, 1.82) is 0 Å². The maximum Gasteiger partial charge on any atom is 0.130 e. The lowest BCUT2D eigenvalue weighted by Gasteiger charge is -2.16. The Bertz CT molecular complexity index is 706. The molecule has 2 N–H and O–H groups in total. The van der Waals surface area contributed by atoms with Crippen molar-refractivity contribution in [2.24, 2.45) is 0 Å². The summed E-state index contributed by atoms with van der Waals surface area (Å²) in [6.07, 6.45) is 7.17. The molecule has 0 bridgehead atoms. The Hall–Kier alpha value is -2.43. The molecule has 0 aliphatic carbocycles. The van der Waals surface area contributed by atoms with Gasteiger partial charge in [-0.3, -0.25) is 9.97 Å². The van der Waals surface area contributed by atoms with E-state index in [1.165, 1.54) is 6.07 Å². The summed E-state index contributed by atoms with van der Waals surface area (Å²) in [7, 11) is 0. The smallest absolute Gasteiger partial charge is 0.130 e. The number of dihydropyridines is 1. The van der Waals surface area contributed by atoms with Crippen LogP contribution >= 0.6 is 0 Å². The van der Waals surface area contributed by atoms with Crippen molar-refractivity contribution in [3.8, 4) is 0 Å². The van der Waals surface area contributed by atoms with E-state index < -0.39 is 0 Å². The van der Waals surface area contributed by atoms with Gasteiger partial charge in [0, 0.05) is 43.3 Å². The lowest BCUT2D eigenvalue weighted by molar-refractivity contribution is 0.602. The molecule has 0 atom stereocenters. The molecule has 1 aromatic carbocycles. The van der Waals surface area contributed by atoms with Gasteiger partial charge >= 0.3 is 0 Å². The van der Waals surface area contributed by atoms with Gasteiger partial charge < -0.3 is 10.6 Å². The average molecular weight is 270 g/mol. The van der Waals surface area contributed by atoms with E-state index in [1.807, 2.05) is 13.1 Å². The Balaban J connectivity index is 1.82. The molecule has 102 valence electrons. The molecule has 5 heteroatoms. The van der Waals surface area contributed by atoms with E-state index in [1.54, 1.807) is 18.5 Å². The van der Waals surface area contributed by atoms with Crippen molar-refractivity contribution in [2.75, 3.05) is 6.54 Å². The number of aromatic nitrogens is 2. The summed E-state index contributed by atoms with van der Waals surface area (Å²) in [5, 5.41) is 6.36. The molecular weight excluding hydrogens is 255 g/mol. The topological polar surface area (TPSA) is 49.8 Å². The van der Waals surface area contributed by atoms with Crippen molar-refractivity contribution in [2.45, 2.75) is 13.5 Å². The number of nitrogens with zero attached hydrogens (tertiary/aromatic N) is 2. The minimum atomic E-state index is -0.267. The zero-order chi connectivity index (χ0) is 13.9. The van der Waals surface area contributed by atoms with E-state index in [0.29, 0.717) is 23.1 Å². The highest BCUT2D eigenvalue weighted by molar-refractivity contribution is 5.74. The van der Waals surface area contributed by atoms with E-state index in [0.717, 1.165) is 17.8 Å². The Morgan fingerprint density at radius 1 is 1.25 bits per heavy atom. The SMILES string of the molecule is CC1=CCNC=C1NCc1cc2nccnc2cc1F. The van der Waals surface area contributed by atoms with Crippen molar-refractivity contribution in [1.82, 2.24) is 20.6 Å². The van der Waals surface area contributed by atoms with E-state index in [2.05, 4.69) is 26.7 Å². The van der Waals surface area contributed by atoms with Gasteiger partial charge in [0.05, 0.1) is 16.7 Å². The average Bonchev–Trinajstić information content (AvgIpc) is 2.46. The minimum Gasteiger partial charge on any atom is -0.386 e. The Labute approximate surface area is 116 Å². The second-order valence-corrected chi connectivity index (χ2v) is 4.70. The second kappa shape index (κ2) is 5.28. The molecule has 1 aliphatic rings. The summed E-state index contributed by atoms with van der Waals surface area (Å²) in [4.78, 5) is 8.29. The molecule has 2 heterocycles. The molecule has 0 radical (unpaired) electrons. The monoisotopic (exact) mass is 270 g/mol. The van der Waals surface area contributed by atoms with Gasteiger partial charge in [0.1, 0.15) is 5.82 Å². The number of allylic oxidation sites excluding steroid dienone is 1. The first-order valence-electron chi connectivity index (χ1n) is 6.48. The Morgan fingerprint density at radius 3 is 2.75 bits per heavy atom. The minimum absolute atomic E-state index is 0.267. The van der Waals surface area contributed by atoms with Gasteiger partial charge in [0.15, 0.2) is 0 Å². The molecule has 0 fully saturated rings. The fourth-order valence-electron chi connectivity index (χ4n) is 2.14. The standard InChI is InChI=1S/C15H15FN4/c1-10-2-3-17-9-15(10)20-8-11-6-13-14(7-12(11)16)19-5-4-18-13/h2,4-7,9,17,20H,3,8H2,1H3. The van der Waals surface area contributed by atoms with Gasteiger partial charge in [-0.1, -0.05) is 6.08 Å². The first-order valence-corrected chi connectivity index (χ1v) is 6.48. The highest BCUT2D eigenvalue weighted by Gasteiger charge is 2.08. The molecule has 1 aromatic heterocycles. The van der Waals surface area contributed by atoms with E-state index in [-0.39, 0.29) is 5.82 Å². The molecule has 0 unspecified atom stereocenters. The van der Waals surface area contributed by atoms with Gasteiger partial charge in [-0.25, -0.2) is 4.39 Å². The maximum atomic E-state index is 14.0. The highest BCUT2D eigenvalue weighted by atomic mass is 19.1. The fourth-order valence-corrected chi connectivity index (χ4v) is 2.14. The van der Waals surface area contributed by atoms with Crippen LogP contribution in [-0.2, 0) is 6.54 Å². The second-order valence-electron chi connectivity index (χ2n) is 4.70. The van der Waals surface area contributed by atoms with Crippen LogP contribution in [0.4, 0.5) is 4.39 Å². The van der Waals surface area contributed by atoms with Crippen LogP contribution in [0.25, 0.3) is 11.0 Å². The Morgan fingerprint density at radius 2 is 2.00 bits per heavy atom. The van der Waals surface area contributed by atoms with Crippen LogP contribution < -0.4 is 10.6 Å². The molecule has 3 rings (SSSR count). The van der Waals surface area contributed by atoms with Crippen LogP contribution in [0.15, 0.2) is 48.1 Å². The number of nitrogens with one attached hydrogen (secondary N) is 2. The van der Waals surface area contributed by atoms with Crippen LogP contribution in [0.1, 0.15) is 12.5 Å². The van der Waals surface area contributed by atoms with Crippen molar-refractivity contribution >= 4 is 11.0 Å². The third kappa shape index (κ3) is 2.47. The van der Waals surface area contributed by atoms with Crippen LogP contribution in [0.3, 0.4) is 0 Å². The molecule has 0 saturated heterocycles. The third-order valence-corrected chi connectivity index (χ3v) is 3.30. The maximum absolute atomic E-state index is 14.0. The fraction of sp³-hybridized carbons (Fsp3) is 0.200. The van der Waals surface area contributed by atoms with E-state index in [4.69, 9.17) is 0 Å². The molecule has 2 aromatic rings. The van der Waals surface area contributed by atoms with Crippen LogP contribution in [0, 0.1) is 5.82 Å². The zero-order valence-electron chi connectivity index (χ0n) is 11.2. The lowest BCUT2D eigenvalue weighted by Crippen LogP contribution is -2.22. The number of benzene rings is 1. The molecule has 0 amide bonds. The normalized spacial score (nSPS) is 14.5. The summed E-state index contributed by atoms with van der Waals surface area (Å²) in [6, 6.07) is 3.16. The van der Waals surface area contributed by atoms with Gasteiger partial charge in [-0.15, -0.1) is 0 Å². The first kappa shape index (κ1) is 12.6. The molecule has 0 spiro atoms. The molecule has 1 aliphatic heterocycles. The number of rotatable bonds is 3. The van der Waals surface area contributed by atoms with Crippen LogP contribution in [-0.4, -0.2) is 16.5 Å². The number of halogens is 1. The summed E-state index contributed by atoms with van der Waals surface area (Å²) in [5.41, 5.74) is 3.99. The molecule has 4 nitrogen and oxygen atoms in total. The quantitative estimate of drug-likeness (QED) is 0.898. The van der Waals surface area contributed by atoms with E-state index in [9.17, 15) is 4.39 Å². The summed E-state index contributed by atoms with van der Waals surface area (Å²) < 4.78 is 14.0. The first-order chi connectivity index (χ1) is 9.74. The summed E-state index contributed by atoms with van der Waals surface area (Å²) in [6.45, 7) is 3.27. The summed E-state index contributed by atoms with van der Waals surface area (Å²) in [5.74, 6) is -0.267. The molecule has 20 heavy (non-hydrogen) atoms. The molecule has 0 saturated carbocycles. The van der Waals surface area contributed by atoms with E-state index >= 15 is 0 Å². The third-order valence-electron chi connectivity index (χ3n) is 3.30. The lowest BCUT2D eigenvalue weighted by atomic mass is 10.1. The zero-order valence-corrected chi connectivity index (χ0v) is 11.2. The molecular formula is C15H15FN4. The largest absolute Gasteiger partial charge is 0.386 e. The van der Waals surface area contributed by atoms with Crippen molar-refractivity contribution < 1.29 is 4.39 Å². The van der Waals surface area contributed by atoms with Crippen molar-refractivity contribution in [3.05, 3.63) is 59.5 Å². The van der Waals surface area contributed by atoms with Crippen LogP contribution in [0.2, 0.25) is 0 Å². The predicted octanol–water partition coefficient (Wildman–Crippen LogP) is 2.25. The van der Waals surface area contributed by atoms with Gasteiger partial charge in [0.2, 0.25) is 0 Å². The van der Waals surface area contributed by atoms with Crippen LogP contribution in [0.5, 0.6) is 0 Å². The van der Waals surface area contributed by atoms with Gasteiger partial charge in [-0.2, -0.15) is 0 Å². The predicted molar refractivity (Wildman–Crippen MR) is 76.2 cm³/mol.